The van der Waals surface area contributed by atoms with Crippen molar-refractivity contribution in [3.63, 3.8) is 0 Å². The number of ether oxygens (including phenoxy) is 3. The van der Waals surface area contributed by atoms with Crippen molar-refractivity contribution in [2.24, 2.45) is 5.92 Å². The van der Waals surface area contributed by atoms with Gasteiger partial charge in [-0.1, -0.05) is 6.07 Å². The summed E-state index contributed by atoms with van der Waals surface area (Å²) in [7, 11) is 1.34. The topological polar surface area (TPSA) is 73.9 Å². The van der Waals surface area contributed by atoms with E-state index in [1.165, 1.54) is 7.11 Å². The molecule has 0 spiro atoms. The first-order valence-corrected chi connectivity index (χ1v) is 7.80. The van der Waals surface area contributed by atoms with Gasteiger partial charge in [0.2, 0.25) is 12.7 Å². The van der Waals surface area contributed by atoms with Crippen molar-refractivity contribution in [1.29, 1.82) is 0 Å². The smallest absolute Gasteiger partial charge is 0.310 e. The van der Waals surface area contributed by atoms with E-state index < -0.39 is 5.92 Å². The van der Waals surface area contributed by atoms with Gasteiger partial charge in [-0.05, 0) is 30.5 Å². The van der Waals surface area contributed by atoms with Gasteiger partial charge in [-0.15, -0.1) is 12.3 Å². The number of rotatable bonds is 8. The fraction of sp³-hybridized carbons (Fsp3) is 0.444. The number of hydrogen-bond acceptors (Lipinski definition) is 5. The highest BCUT2D eigenvalue weighted by atomic mass is 16.7. The van der Waals surface area contributed by atoms with Crippen LogP contribution >= 0.6 is 0 Å². The molecule has 24 heavy (non-hydrogen) atoms. The lowest BCUT2D eigenvalue weighted by molar-refractivity contribution is -0.145. The molecular weight excluding hydrogens is 310 g/mol. The number of carbonyl (C=O) groups is 2. The zero-order valence-corrected chi connectivity index (χ0v) is 13.7. The first-order chi connectivity index (χ1) is 11.6. The molecule has 1 atom stereocenters. The van der Waals surface area contributed by atoms with E-state index in [4.69, 9.17) is 20.6 Å². The van der Waals surface area contributed by atoms with Gasteiger partial charge >= 0.3 is 5.97 Å². The Hall–Kier alpha value is -2.68. The molecule has 1 N–H and O–H groups in total. The fourth-order valence-corrected chi connectivity index (χ4v) is 2.43. The summed E-state index contributed by atoms with van der Waals surface area (Å²) in [5.74, 6) is 2.89. The lowest BCUT2D eigenvalue weighted by Crippen LogP contribution is -2.34. The lowest BCUT2D eigenvalue weighted by Gasteiger charge is -2.16. The minimum absolute atomic E-state index is 0.121. The Kier molecular flexibility index (Phi) is 6.50. The number of terminal acetylenes is 1. The van der Waals surface area contributed by atoms with Crippen LogP contribution in [0.4, 0.5) is 0 Å². The number of methoxy groups -OCH3 is 1. The van der Waals surface area contributed by atoms with Gasteiger partial charge in [0.15, 0.2) is 11.5 Å². The molecule has 0 aliphatic carbocycles. The Labute approximate surface area is 141 Å². The number of esters is 1. The summed E-state index contributed by atoms with van der Waals surface area (Å²) in [6.07, 6.45) is 7.14. The average molecular weight is 331 g/mol. The van der Waals surface area contributed by atoms with Crippen molar-refractivity contribution in [3.05, 3.63) is 23.8 Å². The number of unbranched alkanes of at least 4 members (excludes halogenated alkanes) is 1. The quantitative estimate of drug-likeness (QED) is 0.446. The number of hydrogen-bond donors (Lipinski definition) is 1. The second-order valence-electron chi connectivity index (χ2n) is 5.47. The number of benzene rings is 1. The minimum atomic E-state index is -0.466. The second kappa shape index (κ2) is 8.82. The Morgan fingerprint density at radius 3 is 2.92 bits per heavy atom. The summed E-state index contributed by atoms with van der Waals surface area (Å²) in [6, 6.07) is 5.52. The molecular formula is C18H21NO5. The third-order valence-electron chi connectivity index (χ3n) is 3.72. The monoisotopic (exact) mass is 331 g/mol. The van der Waals surface area contributed by atoms with E-state index in [1.807, 2.05) is 18.2 Å². The van der Waals surface area contributed by atoms with E-state index in [9.17, 15) is 9.59 Å². The van der Waals surface area contributed by atoms with Crippen molar-refractivity contribution in [3.8, 4) is 23.8 Å². The van der Waals surface area contributed by atoms with Gasteiger partial charge in [0.25, 0.3) is 0 Å². The Balaban J connectivity index is 1.92. The molecule has 1 amide bonds. The number of nitrogens with one attached hydrogen (secondary N) is 1. The minimum Gasteiger partial charge on any atom is -0.469 e. The van der Waals surface area contributed by atoms with Crippen LogP contribution in [0.3, 0.4) is 0 Å². The molecule has 0 unspecified atom stereocenters. The van der Waals surface area contributed by atoms with Gasteiger partial charge < -0.3 is 19.5 Å². The molecule has 0 aromatic heterocycles. The van der Waals surface area contributed by atoms with Gasteiger partial charge in [0, 0.05) is 19.4 Å². The second-order valence-corrected chi connectivity index (χ2v) is 5.47. The summed E-state index contributed by atoms with van der Waals surface area (Å²) in [5, 5.41) is 2.77. The number of amides is 1. The van der Waals surface area contributed by atoms with Crippen molar-refractivity contribution in [1.82, 2.24) is 5.32 Å². The van der Waals surface area contributed by atoms with Crippen LogP contribution in [0, 0.1) is 18.3 Å². The van der Waals surface area contributed by atoms with Crippen LogP contribution in [0.15, 0.2) is 18.2 Å². The zero-order chi connectivity index (χ0) is 17.4. The van der Waals surface area contributed by atoms with Gasteiger partial charge in [-0.2, -0.15) is 0 Å². The maximum atomic E-state index is 12.0. The molecule has 0 radical (unpaired) electrons. The fourth-order valence-electron chi connectivity index (χ4n) is 2.43. The summed E-state index contributed by atoms with van der Waals surface area (Å²) in [4.78, 5) is 23.7. The predicted molar refractivity (Wildman–Crippen MR) is 87.5 cm³/mol. The third-order valence-corrected chi connectivity index (χ3v) is 3.72. The first kappa shape index (κ1) is 17.7. The maximum Gasteiger partial charge on any atom is 0.310 e. The van der Waals surface area contributed by atoms with E-state index in [0.717, 1.165) is 5.56 Å². The molecule has 6 nitrogen and oxygen atoms in total. The molecule has 1 heterocycles. The molecule has 0 saturated carbocycles. The average Bonchev–Trinajstić information content (AvgIpc) is 3.05. The highest BCUT2D eigenvalue weighted by molar-refractivity contribution is 5.78. The SMILES string of the molecule is C#CCCCC(=O)NC[C@@H](Cc1ccc2c(c1)OCO2)C(=O)OC. The van der Waals surface area contributed by atoms with E-state index in [1.54, 1.807) is 0 Å². The largest absolute Gasteiger partial charge is 0.469 e. The van der Waals surface area contributed by atoms with Gasteiger partial charge in [0.1, 0.15) is 0 Å². The van der Waals surface area contributed by atoms with Crippen LogP contribution in [0.1, 0.15) is 24.8 Å². The first-order valence-electron chi connectivity index (χ1n) is 7.80. The van der Waals surface area contributed by atoms with E-state index >= 15 is 0 Å². The Bertz CT molecular complexity index is 635. The highest BCUT2D eigenvalue weighted by Crippen LogP contribution is 2.33. The Morgan fingerprint density at radius 2 is 2.17 bits per heavy atom. The summed E-state index contributed by atoms with van der Waals surface area (Å²) in [5.41, 5.74) is 0.913. The maximum absolute atomic E-state index is 12.0. The predicted octanol–water partition coefficient (Wildman–Crippen LogP) is 1.67. The van der Waals surface area contributed by atoms with Gasteiger partial charge in [-0.25, -0.2) is 0 Å². The molecule has 1 aromatic carbocycles. The van der Waals surface area contributed by atoms with Crippen LogP contribution < -0.4 is 14.8 Å². The Morgan fingerprint density at radius 1 is 1.38 bits per heavy atom. The molecule has 0 saturated heterocycles. The molecule has 0 bridgehead atoms. The summed E-state index contributed by atoms with van der Waals surface area (Å²) in [6.45, 7) is 0.420. The van der Waals surface area contributed by atoms with E-state index in [0.29, 0.717) is 37.2 Å². The van der Waals surface area contributed by atoms with Crippen LogP contribution in [0.2, 0.25) is 0 Å². The van der Waals surface area contributed by atoms with Crippen molar-refractivity contribution in [2.45, 2.75) is 25.7 Å². The molecule has 1 aromatic rings. The number of fused-ring (bicyclic) bond motifs is 1. The summed E-state index contributed by atoms with van der Waals surface area (Å²) < 4.78 is 15.4. The highest BCUT2D eigenvalue weighted by Gasteiger charge is 2.22. The molecule has 0 fully saturated rings. The standard InChI is InChI=1S/C18H21NO5/c1-3-4-5-6-17(20)19-11-14(18(21)22-2)9-13-7-8-15-16(10-13)24-12-23-15/h1,7-8,10,14H,4-6,9,11-12H2,2H3,(H,19,20)/t14-/m1/s1. The molecule has 6 heteroatoms. The molecule has 1 aliphatic rings. The summed E-state index contributed by atoms with van der Waals surface area (Å²) >= 11 is 0. The van der Waals surface area contributed by atoms with Crippen LogP contribution in [-0.2, 0) is 20.7 Å². The van der Waals surface area contributed by atoms with Gasteiger partial charge in [0.05, 0.1) is 13.0 Å². The zero-order valence-electron chi connectivity index (χ0n) is 13.7. The normalized spacial score (nSPS) is 13.0. The molecule has 128 valence electrons. The molecule has 1 aliphatic heterocycles. The van der Waals surface area contributed by atoms with Crippen molar-refractivity contribution >= 4 is 11.9 Å². The molecule has 2 rings (SSSR count). The van der Waals surface area contributed by atoms with Crippen molar-refractivity contribution < 1.29 is 23.8 Å². The van der Waals surface area contributed by atoms with E-state index in [2.05, 4.69) is 11.2 Å². The third kappa shape index (κ3) is 4.92. The van der Waals surface area contributed by atoms with Crippen LogP contribution in [-0.4, -0.2) is 32.3 Å². The van der Waals surface area contributed by atoms with Crippen molar-refractivity contribution in [2.75, 3.05) is 20.4 Å². The van der Waals surface area contributed by atoms with Crippen LogP contribution in [0.5, 0.6) is 11.5 Å². The van der Waals surface area contributed by atoms with Crippen LogP contribution in [0.25, 0.3) is 0 Å². The lowest BCUT2D eigenvalue weighted by atomic mass is 9.98. The number of carbonyl (C=O) groups excluding carboxylic acids is 2. The van der Waals surface area contributed by atoms with E-state index in [-0.39, 0.29) is 25.2 Å². The van der Waals surface area contributed by atoms with Gasteiger partial charge in [-0.3, -0.25) is 9.59 Å².